The van der Waals surface area contributed by atoms with Crippen LogP contribution in [-0.4, -0.2) is 51.0 Å². The van der Waals surface area contributed by atoms with Gasteiger partial charge in [0.15, 0.2) is 10.6 Å². The van der Waals surface area contributed by atoms with Crippen LogP contribution in [0.15, 0.2) is 24.3 Å². The third-order valence-corrected chi connectivity index (χ3v) is 5.01. The number of aromatic nitrogens is 3. The summed E-state index contributed by atoms with van der Waals surface area (Å²) in [4.78, 5) is 4.58. The molecule has 1 aliphatic rings. The van der Waals surface area contributed by atoms with Gasteiger partial charge in [0.05, 0.1) is 0 Å². The van der Waals surface area contributed by atoms with E-state index in [2.05, 4.69) is 53.3 Å². The molecule has 2 aromatic rings. The van der Waals surface area contributed by atoms with E-state index in [0.717, 1.165) is 13.0 Å². The van der Waals surface area contributed by atoms with Gasteiger partial charge in [-0.15, -0.1) is 0 Å². The second kappa shape index (κ2) is 6.43. The Morgan fingerprint density at radius 1 is 1.35 bits per heavy atom. The lowest BCUT2D eigenvalue weighted by Crippen LogP contribution is -2.46. The van der Waals surface area contributed by atoms with Crippen LogP contribution in [-0.2, 0) is 26.7 Å². The quantitative estimate of drug-likeness (QED) is 0.857. The van der Waals surface area contributed by atoms with Crippen LogP contribution in [0.3, 0.4) is 0 Å². The van der Waals surface area contributed by atoms with Crippen molar-refractivity contribution in [1.82, 2.24) is 19.2 Å². The zero-order valence-electron chi connectivity index (χ0n) is 13.8. The highest BCUT2D eigenvalue weighted by atomic mass is 32.1. The molecular formula is C16H23N5OS. The van der Waals surface area contributed by atoms with Gasteiger partial charge in [-0.2, -0.15) is 5.10 Å². The standard InChI is InChI=1S/C16H23N5OS/c1-18(2)13-8-12-6-4-5-7-14(12)20(9-13)11-21-16(23)19(3)15(10-22)17-21/h4-7,13,22H,8-11H2,1-3H3. The Hall–Kier alpha value is -1.70. The number of likely N-dealkylation sites (N-methyl/N-ethyl adjacent to an activating group) is 1. The van der Waals surface area contributed by atoms with Gasteiger partial charge in [0, 0.05) is 25.3 Å². The zero-order valence-corrected chi connectivity index (χ0v) is 14.6. The molecule has 3 rings (SSSR count). The number of benzene rings is 1. The highest BCUT2D eigenvalue weighted by molar-refractivity contribution is 7.71. The molecule has 23 heavy (non-hydrogen) atoms. The van der Waals surface area contributed by atoms with Crippen LogP contribution in [0, 0.1) is 4.77 Å². The molecule has 0 saturated heterocycles. The Morgan fingerprint density at radius 3 is 2.74 bits per heavy atom. The molecule has 0 radical (unpaired) electrons. The third kappa shape index (κ3) is 3.04. The van der Waals surface area contributed by atoms with Gasteiger partial charge in [0.25, 0.3) is 0 Å². The monoisotopic (exact) mass is 333 g/mol. The highest BCUT2D eigenvalue weighted by Crippen LogP contribution is 2.28. The highest BCUT2D eigenvalue weighted by Gasteiger charge is 2.26. The normalized spacial score (nSPS) is 17.6. The van der Waals surface area contributed by atoms with Gasteiger partial charge >= 0.3 is 0 Å². The molecule has 6 nitrogen and oxygen atoms in total. The predicted octanol–water partition coefficient (Wildman–Crippen LogP) is 1.39. The van der Waals surface area contributed by atoms with Crippen LogP contribution in [0.25, 0.3) is 0 Å². The molecule has 0 fully saturated rings. The van der Waals surface area contributed by atoms with Crippen molar-refractivity contribution in [2.45, 2.75) is 25.7 Å². The number of nitrogens with zero attached hydrogens (tertiary/aromatic N) is 5. The second-order valence-electron chi connectivity index (χ2n) is 6.23. The lowest BCUT2D eigenvalue weighted by atomic mass is 9.97. The van der Waals surface area contributed by atoms with E-state index in [-0.39, 0.29) is 6.61 Å². The number of para-hydroxylation sites is 1. The number of anilines is 1. The minimum absolute atomic E-state index is 0.107. The first-order chi connectivity index (χ1) is 11.0. The summed E-state index contributed by atoms with van der Waals surface area (Å²) in [5, 5.41) is 13.8. The molecule has 124 valence electrons. The molecule has 0 amide bonds. The van der Waals surface area contributed by atoms with Crippen molar-refractivity contribution in [1.29, 1.82) is 0 Å². The Morgan fingerprint density at radius 2 is 2.09 bits per heavy atom. The van der Waals surface area contributed by atoms with Crippen molar-refractivity contribution in [2.75, 3.05) is 25.5 Å². The SMILES string of the molecule is CN(C)C1Cc2ccccc2N(Cn2nc(CO)n(C)c2=S)C1. The Bertz CT molecular complexity index is 751. The fourth-order valence-corrected chi connectivity index (χ4v) is 3.27. The van der Waals surface area contributed by atoms with Crippen molar-refractivity contribution in [3.8, 4) is 0 Å². The number of hydrogen-bond donors (Lipinski definition) is 1. The van der Waals surface area contributed by atoms with Crippen LogP contribution in [0.1, 0.15) is 11.4 Å². The molecule has 2 heterocycles. The maximum absolute atomic E-state index is 9.37. The molecule has 1 atom stereocenters. The predicted molar refractivity (Wildman–Crippen MR) is 92.9 cm³/mol. The van der Waals surface area contributed by atoms with Crippen LogP contribution in [0.4, 0.5) is 5.69 Å². The van der Waals surface area contributed by atoms with E-state index in [0.29, 0.717) is 23.3 Å². The molecule has 1 aromatic heterocycles. The molecule has 1 unspecified atom stereocenters. The maximum Gasteiger partial charge on any atom is 0.199 e. The van der Waals surface area contributed by atoms with Gasteiger partial charge in [0.1, 0.15) is 13.3 Å². The van der Waals surface area contributed by atoms with E-state index >= 15 is 0 Å². The van der Waals surface area contributed by atoms with Gasteiger partial charge in [-0.25, -0.2) is 4.68 Å². The van der Waals surface area contributed by atoms with Gasteiger partial charge in [-0.3, -0.25) is 0 Å². The van der Waals surface area contributed by atoms with Gasteiger partial charge in [-0.05, 0) is 44.4 Å². The van der Waals surface area contributed by atoms with Crippen molar-refractivity contribution in [3.63, 3.8) is 0 Å². The number of rotatable bonds is 4. The minimum atomic E-state index is -0.107. The lowest BCUT2D eigenvalue weighted by Gasteiger charge is -2.38. The van der Waals surface area contributed by atoms with Crippen LogP contribution >= 0.6 is 12.2 Å². The van der Waals surface area contributed by atoms with Gasteiger partial charge in [0.2, 0.25) is 0 Å². The van der Waals surface area contributed by atoms with Crippen LogP contribution in [0.5, 0.6) is 0 Å². The average Bonchev–Trinajstić information content (AvgIpc) is 2.82. The molecular weight excluding hydrogens is 310 g/mol. The summed E-state index contributed by atoms with van der Waals surface area (Å²) >= 11 is 5.44. The minimum Gasteiger partial charge on any atom is -0.388 e. The summed E-state index contributed by atoms with van der Waals surface area (Å²) in [7, 11) is 6.07. The first kappa shape index (κ1) is 16.2. The Balaban J connectivity index is 1.94. The molecule has 1 aliphatic heterocycles. The van der Waals surface area contributed by atoms with Crippen molar-refractivity contribution in [2.24, 2.45) is 7.05 Å². The van der Waals surface area contributed by atoms with Gasteiger partial charge < -0.3 is 19.5 Å². The Kier molecular flexibility index (Phi) is 4.52. The maximum atomic E-state index is 9.37. The summed E-state index contributed by atoms with van der Waals surface area (Å²) in [6.07, 6.45) is 1.05. The van der Waals surface area contributed by atoms with Crippen LogP contribution in [0.2, 0.25) is 0 Å². The molecule has 7 heteroatoms. The fourth-order valence-electron chi connectivity index (χ4n) is 3.07. The number of fused-ring (bicyclic) bond motifs is 1. The topological polar surface area (TPSA) is 49.5 Å². The van der Waals surface area contributed by atoms with E-state index < -0.39 is 0 Å². The molecule has 1 aromatic carbocycles. The van der Waals surface area contributed by atoms with Crippen molar-refractivity contribution in [3.05, 3.63) is 40.4 Å². The summed E-state index contributed by atoms with van der Waals surface area (Å²) < 4.78 is 4.17. The van der Waals surface area contributed by atoms with E-state index in [1.165, 1.54) is 11.3 Å². The molecule has 0 saturated carbocycles. The van der Waals surface area contributed by atoms with Crippen molar-refractivity contribution >= 4 is 17.9 Å². The second-order valence-corrected chi connectivity index (χ2v) is 6.59. The summed E-state index contributed by atoms with van der Waals surface area (Å²) in [6, 6.07) is 8.96. The van der Waals surface area contributed by atoms with Gasteiger partial charge in [-0.1, -0.05) is 18.2 Å². The summed E-state index contributed by atoms with van der Waals surface area (Å²) in [5.41, 5.74) is 2.59. The molecule has 1 N–H and O–H groups in total. The molecule has 0 bridgehead atoms. The first-order valence-electron chi connectivity index (χ1n) is 7.74. The van der Waals surface area contributed by atoms with E-state index in [9.17, 15) is 5.11 Å². The molecule has 0 aliphatic carbocycles. The zero-order chi connectivity index (χ0) is 16.6. The number of hydrogen-bond acceptors (Lipinski definition) is 5. The Labute approximate surface area is 141 Å². The largest absolute Gasteiger partial charge is 0.388 e. The summed E-state index contributed by atoms with van der Waals surface area (Å²) in [5.74, 6) is 0.587. The number of aliphatic hydroxyl groups is 1. The van der Waals surface area contributed by atoms with E-state index in [1.807, 2.05) is 7.05 Å². The average molecular weight is 333 g/mol. The fraction of sp³-hybridized carbons (Fsp3) is 0.500. The van der Waals surface area contributed by atoms with E-state index in [1.54, 1.807) is 9.25 Å². The van der Waals surface area contributed by atoms with Crippen molar-refractivity contribution < 1.29 is 5.11 Å². The summed E-state index contributed by atoms with van der Waals surface area (Å²) in [6.45, 7) is 1.41. The number of aliphatic hydroxyl groups excluding tert-OH is 1. The first-order valence-corrected chi connectivity index (χ1v) is 8.15. The lowest BCUT2D eigenvalue weighted by molar-refractivity contribution is 0.265. The third-order valence-electron chi connectivity index (χ3n) is 4.53. The van der Waals surface area contributed by atoms with E-state index in [4.69, 9.17) is 12.2 Å². The smallest absolute Gasteiger partial charge is 0.199 e. The van der Waals surface area contributed by atoms with Crippen LogP contribution < -0.4 is 4.90 Å². The molecule has 0 spiro atoms.